The van der Waals surface area contributed by atoms with Gasteiger partial charge in [-0.3, -0.25) is 4.79 Å². The summed E-state index contributed by atoms with van der Waals surface area (Å²) in [6, 6.07) is 12.3. The lowest BCUT2D eigenvalue weighted by molar-refractivity contribution is -0.137. The molecule has 1 aromatic heterocycles. The molecule has 0 aliphatic rings. The smallest absolute Gasteiger partial charge is 0.315 e. The Morgan fingerprint density at radius 2 is 1.96 bits per heavy atom. The van der Waals surface area contributed by atoms with Crippen LogP contribution in [0, 0.1) is 0 Å². The predicted molar refractivity (Wildman–Crippen MR) is 102 cm³/mol. The number of rotatable bonds is 10. The van der Waals surface area contributed by atoms with Gasteiger partial charge in [0.1, 0.15) is 6.61 Å². The quantitative estimate of drug-likeness (QED) is 0.541. The number of urea groups is 1. The van der Waals surface area contributed by atoms with Crippen molar-refractivity contribution in [1.29, 1.82) is 0 Å². The Morgan fingerprint density at radius 1 is 1.19 bits per heavy atom. The van der Waals surface area contributed by atoms with Crippen molar-refractivity contribution in [2.75, 3.05) is 13.2 Å². The SMILES string of the molecule is O=C(O)CCC(Cc1ccccc1)NC(=O)NCCOc1ccc(Cl)cn1. The van der Waals surface area contributed by atoms with Gasteiger partial charge in [0.05, 0.1) is 11.6 Å². The summed E-state index contributed by atoms with van der Waals surface area (Å²) in [6.07, 6.45) is 2.38. The molecule has 2 aromatic rings. The zero-order valence-electron chi connectivity index (χ0n) is 14.7. The number of aliphatic carboxylic acids is 1. The number of nitrogens with one attached hydrogen (secondary N) is 2. The van der Waals surface area contributed by atoms with E-state index in [1.165, 1.54) is 6.20 Å². The minimum atomic E-state index is -0.890. The van der Waals surface area contributed by atoms with Gasteiger partial charge in [0, 0.05) is 24.7 Å². The van der Waals surface area contributed by atoms with Gasteiger partial charge in [-0.05, 0) is 24.5 Å². The van der Waals surface area contributed by atoms with Gasteiger partial charge in [0.15, 0.2) is 0 Å². The summed E-state index contributed by atoms with van der Waals surface area (Å²) in [4.78, 5) is 26.9. The van der Waals surface area contributed by atoms with Crippen LogP contribution in [0.5, 0.6) is 5.88 Å². The maximum absolute atomic E-state index is 12.1. The first-order valence-corrected chi connectivity index (χ1v) is 8.95. The summed E-state index contributed by atoms with van der Waals surface area (Å²) in [7, 11) is 0. The standard InChI is InChI=1S/C19H22ClN3O4/c20-15-6-8-17(22-13-15)27-11-10-21-19(26)23-16(7-9-18(24)25)12-14-4-2-1-3-5-14/h1-6,8,13,16H,7,9-12H2,(H,24,25)(H2,21,23,26). The van der Waals surface area contributed by atoms with Crippen LogP contribution in [0.15, 0.2) is 48.7 Å². The van der Waals surface area contributed by atoms with Crippen molar-refractivity contribution >= 4 is 23.6 Å². The van der Waals surface area contributed by atoms with E-state index in [9.17, 15) is 9.59 Å². The minimum absolute atomic E-state index is 0.0108. The lowest BCUT2D eigenvalue weighted by Crippen LogP contribution is -2.44. The molecule has 3 N–H and O–H groups in total. The third-order valence-corrected chi connectivity index (χ3v) is 3.93. The first kappa shape index (κ1) is 20.5. The number of carbonyl (C=O) groups excluding carboxylic acids is 1. The third-order valence-electron chi connectivity index (χ3n) is 3.70. The molecule has 2 rings (SSSR count). The Morgan fingerprint density at radius 3 is 2.63 bits per heavy atom. The lowest BCUT2D eigenvalue weighted by Gasteiger charge is -2.18. The number of ether oxygens (including phenoxy) is 1. The van der Waals surface area contributed by atoms with Gasteiger partial charge >= 0.3 is 12.0 Å². The van der Waals surface area contributed by atoms with Crippen LogP contribution in [0.25, 0.3) is 0 Å². The Hall–Kier alpha value is -2.80. The average Bonchev–Trinajstić information content (AvgIpc) is 2.65. The number of halogens is 1. The number of amides is 2. The van der Waals surface area contributed by atoms with E-state index in [4.69, 9.17) is 21.4 Å². The van der Waals surface area contributed by atoms with Gasteiger partial charge in [-0.25, -0.2) is 9.78 Å². The van der Waals surface area contributed by atoms with Gasteiger partial charge < -0.3 is 20.5 Å². The van der Waals surface area contributed by atoms with E-state index in [2.05, 4.69) is 15.6 Å². The molecule has 0 aliphatic carbocycles. The van der Waals surface area contributed by atoms with Crippen molar-refractivity contribution in [3.63, 3.8) is 0 Å². The van der Waals surface area contributed by atoms with E-state index in [1.807, 2.05) is 30.3 Å². The number of hydrogen-bond donors (Lipinski definition) is 3. The van der Waals surface area contributed by atoms with E-state index in [-0.39, 0.29) is 31.6 Å². The van der Waals surface area contributed by atoms with E-state index >= 15 is 0 Å². The maximum atomic E-state index is 12.1. The molecule has 7 nitrogen and oxygen atoms in total. The normalized spacial score (nSPS) is 11.4. The van der Waals surface area contributed by atoms with E-state index < -0.39 is 5.97 Å². The molecule has 144 valence electrons. The molecule has 2 amide bonds. The molecule has 1 aromatic carbocycles. The summed E-state index contributed by atoms with van der Waals surface area (Å²) in [6.45, 7) is 0.535. The van der Waals surface area contributed by atoms with Crippen molar-refractivity contribution in [3.05, 3.63) is 59.2 Å². The van der Waals surface area contributed by atoms with Crippen molar-refractivity contribution in [2.45, 2.75) is 25.3 Å². The largest absolute Gasteiger partial charge is 0.481 e. The van der Waals surface area contributed by atoms with E-state index in [0.717, 1.165) is 5.56 Å². The van der Waals surface area contributed by atoms with Crippen molar-refractivity contribution in [1.82, 2.24) is 15.6 Å². The van der Waals surface area contributed by atoms with E-state index in [1.54, 1.807) is 12.1 Å². The zero-order chi connectivity index (χ0) is 19.5. The number of carboxylic acids is 1. The topological polar surface area (TPSA) is 101 Å². The molecule has 0 saturated carbocycles. The molecule has 1 atom stereocenters. The van der Waals surface area contributed by atoms with Crippen molar-refractivity contribution in [3.8, 4) is 5.88 Å². The molecule has 0 aliphatic heterocycles. The van der Waals surface area contributed by atoms with Crippen LogP contribution in [0.3, 0.4) is 0 Å². The molecular weight excluding hydrogens is 370 g/mol. The molecule has 1 unspecified atom stereocenters. The molecule has 1 heterocycles. The first-order valence-electron chi connectivity index (χ1n) is 8.57. The fraction of sp³-hybridized carbons (Fsp3) is 0.316. The number of nitrogens with zero attached hydrogens (tertiary/aromatic N) is 1. The Labute approximate surface area is 162 Å². The Balaban J connectivity index is 1.76. The summed E-state index contributed by atoms with van der Waals surface area (Å²) >= 11 is 5.75. The van der Waals surface area contributed by atoms with Crippen LogP contribution < -0.4 is 15.4 Å². The zero-order valence-corrected chi connectivity index (χ0v) is 15.5. The molecule has 0 spiro atoms. The fourth-order valence-electron chi connectivity index (χ4n) is 2.43. The third kappa shape index (κ3) is 8.42. The van der Waals surface area contributed by atoms with E-state index in [0.29, 0.717) is 23.7 Å². The Kier molecular flexibility index (Phi) is 8.38. The fourth-order valence-corrected chi connectivity index (χ4v) is 2.54. The highest BCUT2D eigenvalue weighted by Crippen LogP contribution is 2.11. The second kappa shape index (κ2) is 11.0. The van der Waals surface area contributed by atoms with Gasteiger partial charge in [-0.15, -0.1) is 0 Å². The molecular formula is C19H22ClN3O4. The maximum Gasteiger partial charge on any atom is 0.315 e. The monoisotopic (exact) mass is 391 g/mol. The van der Waals surface area contributed by atoms with Crippen LogP contribution >= 0.6 is 11.6 Å². The van der Waals surface area contributed by atoms with Crippen molar-refractivity contribution in [2.24, 2.45) is 0 Å². The van der Waals surface area contributed by atoms with Gasteiger partial charge in [-0.1, -0.05) is 41.9 Å². The number of hydrogen-bond acceptors (Lipinski definition) is 4. The highest BCUT2D eigenvalue weighted by molar-refractivity contribution is 6.30. The van der Waals surface area contributed by atoms with Crippen LogP contribution in [0.2, 0.25) is 5.02 Å². The second-order valence-electron chi connectivity index (χ2n) is 5.88. The highest BCUT2D eigenvalue weighted by Gasteiger charge is 2.14. The molecule has 8 heteroatoms. The summed E-state index contributed by atoms with van der Waals surface area (Å²) < 4.78 is 5.40. The van der Waals surface area contributed by atoms with Crippen LogP contribution in [0.4, 0.5) is 4.79 Å². The van der Waals surface area contributed by atoms with Gasteiger partial charge in [0.2, 0.25) is 5.88 Å². The van der Waals surface area contributed by atoms with Crippen LogP contribution in [-0.4, -0.2) is 41.3 Å². The summed E-state index contributed by atoms with van der Waals surface area (Å²) in [5.41, 5.74) is 1.03. The Bertz CT molecular complexity index is 725. The molecule has 0 radical (unpaired) electrons. The van der Waals surface area contributed by atoms with Crippen LogP contribution in [0.1, 0.15) is 18.4 Å². The number of carbonyl (C=O) groups is 2. The van der Waals surface area contributed by atoms with Crippen molar-refractivity contribution < 1.29 is 19.4 Å². The number of carboxylic acid groups (broad SMARTS) is 1. The van der Waals surface area contributed by atoms with Crippen LogP contribution in [-0.2, 0) is 11.2 Å². The minimum Gasteiger partial charge on any atom is -0.481 e. The summed E-state index contributed by atoms with van der Waals surface area (Å²) in [5, 5.41) is 14.9. The molecule has 27 heavy (non-hydrogen) atoms. The summed E-state index contributed by atoms with van der Waals surface area (Å²) in [5.74, 6) is -0.468. The number of pyridine rings is 1. The van der Waals surface area contributed by atoms with Gasteiger partial charge in [0.25, 0.3) is 0 Å². The molecule has 0 bridgehead atoms. The average molecular weight is 392 g/mol. The molecule has 0 fully saturated rings. The predicted octanol–water partition coefficient (Wildman–Crippen LogP) is 2.89. The van der Waals surface area contributed by atoms with Gasteiger partial charge in [-0.2, -0.15) is 0 Å². The highest BCUT2D eigenvalue weighted by atomic mass is 35.5. The number of benzene rings is 1. The number of aromatic nitrogens is 1. The molecule has 0 saturated heterocycles. The second-order valence-corrected chi connectivity index (χ2v) is 6.32. The first-order chi connectivity index (χ1) is 13.0. The lowest BCUT2D eigenvalue weighted by atomic mass is 10.0.